The summed E-state index contributed by atoms with van der Waals surface area (Å²) in [5.41, 5.74) is 0.587. The lowest BCUT2D eigenvalue weighted by Crippen LogP contribution is -2.01. The van der Waals surface area contributed by atoms with E-state index in [1.54, 1.807) is 24.3 Å². The zero-order valence-corrected chi connectivity index (χ0v) is 12.1. The van der Waals surface area contributed by atoms with Crippen molar-refractivity contribution < 1.29 is 14.2 Å². The molecule has 1 aromatic heterocycles. The molecule has 1 atom stereocenters. The quantitative estimate of drug-likeness (QED) is 0.906. The Morgan fingerprint density at radius 3 is 2.83 bits per heavy atom. The topological polar surface area (TPSA) is 29.5 Å². The highest BCUT2D eigenvalue weighted by Crippen LogP contribution is 2.29. The van der Waals surface area contributed by atoms with Crippen molar-refractivity contribution in [3.8, 4) is 5.75 Å². The van der Waals surface area contributed by atoms with Crippen LogP contribution in [0.5, 0.6) is 5.75 Å². The van der Waals surface area contributed by atoms with Crippen molar-refractivity contribution in [2.24, 2.45) is 0 Å². The molecule has 1 heterocycles. The molecule has 0 aliphatic carbocycles. The van der Waals surface area contributed by atoms with Crippen molar-refractivity contribution in [2.45, 2.75) is 19.6 Å². The van der Waals surface area contributed by atoms with E-state index >= 15 is 0 Å². The molecule has 18 heavy (non-hydrogen) atoms. The van der Waals surface area contributed by atoms with Gasteiger partial charge in [0, 0.05) is 16.1 Å². The standard InChI is InChI=1S/C13H12BrFO2S/c1-8(16)10-3-2-9(15)6-12(10)17-7-13-11(14)4-5-18-13/h2-6,8,16H,7H2,1H3/t8-/m1/s1. The average molecular weight is 331 g/mol. The number of hydrogen-bond acceptors (Lipinski definition) is 3. The largest absolute Gasteiger partial charge is 0.488 e. The fourth-order valence-electron chi connectivity index (χ4n) is 1.55. The minimum atomic E-state index is -0.688. The van der Waals surface area contributed by atoms with Gasteiger partial charge in [-0.05, 0) is 46.4 Å². The monoisotopic (exact) mass is 330 g/mol. The maximum Gasteiger partial charge on any atom is 0.128 e. The lowest BCUT2D eigenvalue weighted by molar-refractivity contribution is 0.190. The van der Waals surface area contributed by atoms with Crippen LogP contribution < -0.4 is 4.74 Å². The fraction of sp³-hybridized carbons (Fsp3) is 0.231. The van der Waals surface area contributed by atoms with E-state index in [9.17, 15) is 9.50 Å². The number of aliphatic hydroxyl groups is 1. The normalized spacial score (nSPS) is 12.4. The summed E-state index contributed by atoms with van der Waals surface area (Å²) in [5, 5.41) is 11.5. The van der Waals surface area contributed by atoms with Gasteiger partial charge in [0.1, 0.15) is 18.2 Å². The van der Waals surface area contributed by atoms with Crippen LogP contribution in [0.2, 0.25) is 0 Å². The Bertz CT molecular complexity index is 540. The predicted octanol–water partition coefficient (Wildman–Crippen LogP) is 4.28. The van der Waals surface area contributed by atoms with Gasteiger partial charge in [-0.15, -0.1) is 11.3 Å². The molecular weight excluding hydrogens is 319 g/mol. The highest BCUT2D eigenvalue weighted by molar-refractivity contribution is 9.10. The van der Waals surface area contributed by atoms with Crippen molar-refractivity contribution in [3.05, 3.63) is 50.4 Å². The molecule has 1 N–H and O–H groups in total. The van der Waals surface area contributed by atoms with E-state index < -0.39 is 6.10 Å². The molecule has 0 aliphatic rings. The number of rotatable bonds is 4. The van der Waals surface area contributed by atoms with Gasteiger partial charge in [0.15, 0.2) is 0 Å². The van der Waals surface area contributed by atoms with Crippen LogP contribution >= 0.6 is 27.3 Å². The van der Waals surface area contributed by atoms with E-state index in [2.05, 4.69) is 15.9 Å². The van der Waals surface area contributed by atoms with Gasteiger partial charge in [0.2, 0.25) is 0 Å². The number of aliphatic hydroxyl groups excluding tert-OH is 1. The molecule has 1 aromatic carbocycles. The molecule has 2 rings (SSSR count). The first-order valence-corrected chi connectivity index (χ1v) is 7.07. The molecule has 5 heteroatoms. The molecule has 0 fully saturated rings. The summed E-state index contributed by atoms with van der Waals surface area (Å²) in [4.78, 5) is 1.02. The van der Waals surface area contributed by atoms with Crippen LogP contribution in [-0.4, -0.2) is 5.11 Å². The summed E-state index contributed by atoms with van der Waals surface area (Å²) in [7, 11) is 0. The second-order valence-corrected chi connectivity index (χ2v) is 5.69. The molecule has 0 saturated heterocycles. The number of ether oxygens (including phenoxy) is 1. The Balaban J connectivity index is 2.18. The van der Waals surface area contributed by atoms with Crippen molar-refractivity contribution in [1.29, 1.82) is 0 Å². The molecule has 2 aromatic rings. The van der Waals surface area contributed by atoms with Crippen molar-refractivity contribution in [1.82, 2.24) is 0 Å². The highest BCUT2D eigenvalue weighted by atomic mass is 79.9. The summed E-state index contributed by atoms with van der Waals surface area (Å²) < 4.78 is 19.7. The van der Waals surface area contributed by atoms with Crippen molar-refractivity contribution >= 4 is 27.3 Å². The lowest BCUT2D eigenvalue weighted by atomic mass is 10.1. The van der Waals surface area contributed by atoms with Crippen LogP contribution in [0, 0.1) is 5.82 Å². The second-order valence-electron chi connectivity index (χ2n) is 3.84. The molecule has 2 nitrogen and oxygen atoms in total. The molecular formula is C13H12BrFO2S. The molecule has 96 valence electrons. The zero-order chi connectivity index (χ0) is 13.1. The second kappa shape index (κ2) is 5.82. The Morgan fingerprint density at radius 2 is 2.22 bits per heavy atom. The summed E-state index contributed by atoms with van der Waals surface area (Å²) in [6.45, 7) is 1.97. The van der Waals surface area contributed by atoms with Crippen LogP contribution in [-0.2, 0) is 6.61 Å². The molecule has 0 aliphatic heterocycles. The summed E-state index contributed by atoms with van der Waals surface area (Å²) in [5.74, 6) is 0.00458. The smallest absolute Gasteiger partial charge is 0.128 e. The van der Waals surface area contributed by atoms with E-state index in [4.69, 9.17) is 4.74 Å². The van der Waals surface area contributed by atoms with Crippen LogP contribution in [0.15, 0.2) is 34.1 Å². The van der Waals surface area contributed by atoms with Gasteiger partial charge in [0.25, 0.3) is 0 Å². The Labute approximate surface area is 117 Å². The van der Waals surface area contributed by atoms with E-state index in [-0.39, 0.29) is 5.82 Å². The molecule has 0 radical (unpaired) electrons. The maximum atomic E-state index is 13.2. The van der Waals surface area contributed by atoms with Crippen molar-refractivity contribution in [2.75, 3.05) is 0 Å². The van der Waals surface area contributed by atoms with Gasteiger partial charge in [-0.2, -0.15) is 0 Å². The minimum Gasteiger partial charge on any atom is -0.488 e. The van der Waals surface area contributed by atoms with Gasteiger partial charge < -0.3 is 9.84 Å². The SMILES string of the molecule is C[C@@H](O)c1ccc(F)cc1OCc1sccc1Br. The third kappa shape index (κ3) is 3.10. The zero-order valence-electron chi connectivity index (χ0n) is 9.69. The van der Waals surface area contributed by atoms with E-state index in [1.165, 1.54) is 12.1 Å². The molecule has 0 amide bonds. The third-order valence-corrected chi connectivity index (χ3v) is 4.38. The highest BCUT2D eigenvalue weighted by Gasteiger charge is 2.11. The average Bonchev–Trinajstić information content (AvgIpc) is 2.72. The van der Waals surface area contributed by atoms with Gasteiger partial charge in [-0.25, -0.2) is 4.39 Å². The van der Waals surface area contributed by atoms with E-state index in [0.29, 0.717) is 17.9 Å². The van der Waals surface area contributed by atoms with Crippen molar-refractivity contribution in [3.63, 3.8) is 0 Å². The molecule has 0 unspecified atom stereocenters. The van der Waals surface area contributed by atoms with Crippen LogP contribution in [0.4, 0.5) is 4.39 Å². The Hall–Kier alpha value is -0.910. The van der Waals surface area contributed by atoms with Crippen LogP contribution in [0.1, 0.15) is 23.5 Å². The number of benzene rings is 1. The first-order chi connectivity index (χ1) is 8.58. The first kappa shape index (κ1) is 13.5. The Kier molecular flexibility index (Phi) is 4.37. The summed E-state index contributed by atoms with van der Waals surface area (Å²) in [6, 6.07) is 6.09. The van der Waals surface area contributed by atoms with Crippen LogP contribution in [0.3, 0.4) is 0 Å². The van der Waals surface area contributed by atoms with Gasteiger partial charge in [0.05, 0.1) is 11.0 Å². The summed E-state index contributed by atoms with van der Waals surface area (Å²) in [6.07, 6.45) is -0.688. The number of hydrogen-bond donors (Lipinski definition) is 1. The van der Waals surface area contributed by atoms with Gasteiger partial charge >= 0.3 is 0 Å². The number of halogens is 2. The minimum absolute atomic E-state index is 0.349. The fourth-order valence-corrected chi connectivity index (χ4v) is 2.93. The van der Waals surface area contributed by atoms with Gasteiger partial charge in [-0.3, -0.25) is 0 Å². The number of thiophene rings is 1. The molecule has 0 spiro atoms. The maximum absolute atomic E-state index is 13.2. The molecule has 0 saturated carbocycles. The molecule has 0 bridgehead atoms. The Morgan fingerprint density at radius 1 is 1.44 bits per heavy atom. The van der Waals surface area contributed by atoms with Crippen LogP contribution in [0.25, 0.3) is 0 Å². The van der Waals surface area contributed by atoms with Gasteiger partial charge in [-0.1, -0.05) is 0 Å². The predicted molar refractivity (Wildman–Crippen MR) is 73.4 cm³/mol. The first-order valence-electron chi connectivity index (χ1n) is 5.40. The third-order valence-electron chi connectivity index (χ3n) is 2.48. The van der Waals surface area contributed by atoms with E-state index in [0.717, 1.165) is 9.35 Å². The summed E-state index contributed by atoms with van der Waals surface area (Å²) >= 11 is 4.97. The van der Waals surface area contributed by atoms with E-state index in [1.807, 2.05) is 11.4 Å². The lowest BCUT2D eigenvalue weighted by Gasteiger charge is -2.13.